The summed E-state index contributed by atoms with van der Waals surface area (Å²) in [6.45, 7) is 4.15. The number of carbonyl (C=O) groups excluding carboxylic acids is 2. The highest BCUT2D eigenvalue weighted by Crippen LogP contribution is 2.36. The first-order chi connectivity index (χ1) is 10.5. The molecule has 1 N–H and O–H groups in total. The SMILES string of the molecule is COc1ccc(OC)c(N2C[C@H](C(=O)NC(C)C)CC2=O)c1. The van der Waals surface area contributed by atoms with Crippen molar-refractivity contribution in [2.24, 2.45) is 5.92 Å². The molecule has 1 fully saturated rings. The fraction of sp³-hybridized carbons (Fsp3) is 0.500. The molecule has 0 radical (unpaired) electrons. The van der Waals surface area contributed by atoms with Gasteiger partial charge in [-0.05, 0) is 26.0 Å². The topological polar surface area (TPSA) is 67.9 Å². The van der Waals surface area contributed by atoms with Gasteiger partial charge in [0.1, 0.15) is 11.5 Å². The van der Waals surface area contributed by atoms with E-state index in [0.29, 0.717) is 23.7 Å². The van der Waals surface area contributed by atoms with E-state index in [2.05, 4.69) is 5.32 Å². The van der Waals surface area contributed by atoms with Crippen molar-refractivity contribution < 1.29 is 19.1 Å². The van der Waals surface area contributed by atoms with E-state index in [4.69, 9.17) is 9.47 Å². The number of carbonyl (C=O) groups is 2. The number of benzene rings is 1. The molecule has 22 heavy (non-hydrogen) atoms. The lowest BCUT2D eigenvalue weighted by Crippen LogP contribution is -2.37. The quantitative estimate of drug-likeness (QED) is 0.897. The first-order valence-electron chi connectivity index (χ1n) is 7.29. The zero-order chi connectivity index (χ0) is 16.3. The van der Waals surface area contributed by atoms with Crippen molar-refractivity contribution in [1.29, 1.82) is 0 Å². The van der Waals surface area contributed by atoms with E-state index in [0.717, 1.165) is 0 Å². The zero-order valence-corrected chi connectivity index (χ0v) is 13.4. The molecule has 2 amide bonds. The number of anilines is 1. The van der Waals surface area contributed by atoms with Crippen molar-refractivity contribution in [1.82, 2.24) is 5.32 Å². The minimum Gasteiger partial charge on any atom is -0.497 e. The number of amides is 2. The van der Waals surface area contributed by atoms with Crippen LogP contribution in [0, 0.1) is 5.92 Å². The van der Waals surface area contributed by atoms with E-state index >= 15 is 0 Å². The molecule has 1 saturated heterocycles. The van der Waals surface area contributed by atoms with Crippen LogP contribution in [0.1, 0.15) is 20.3 Å². The van der Waals surface area contributed by atoms with Gasteiger partial charge in [0.05, 0.1) is 25.8 Å². The minimum absolute atomic E-state index is 0.0583. The maximum absolute atomic E-state index is 12.3. The maximum Gasteiger partial charge on any atom is 0.227 e. The Morgan fingerprint density at radius 1 is 1.32 bits per heavy atom. The highest BCUT2D eigenvalue weighted by molar-refractivity contribution is 6.01. The van der Waals surface area contributed by atoms with Gasteiger partial charge in [-0.1, -0.05) is 0 Å². The number of ether oxygens (including phenoxy) is 2. The third kappa shape index (κ3) is 3.32. The Hall–Kier alpha value is -2.24. The first-order valence-corrected chi connectivity index (χ1v) is 7.29. The van der Waals surface area contributed by atoms with Crippen molar-refractivity contribution in [3.05, 3.63) is 18.2 Å². The van der Waals surface area contributed by atoms with Crippen LogP contribution in [0.4, 0.5) is 5.69 Å². The highest BCUT2D eigenvalue weighted by Gasteiger charge is 2.36. The second kappa shape index (κ2) is 6.68. The van der Waals surface area contributed by atoms with Gasteiger partial charge in [0.25, 0.3) is 0 Å². The number of nitrogens with zero attached hydrogens (tertiary/aromatic N) is 1. The summed E-state index contributed by atoms with van der Waals surface area (Å²) in [5.41, 5.74) is 0.631. The fourth-order valence-electron chi connectivity index (χ4n) is 2.53. The summed E-state index contributed by atoms with van der Waals surface area (Å²) in [5.74, 6) is 0.701. The smallest absolute Gasteiger partial charge is 0.227 e. The number of rotatable bonds is 5. The van der Waals surface area contributed by atoms with Gasteiger partial charge in [0.2, 0.25) is 11.8 Å². The van der Waals surface area contributed by atoms with Gasteiger partial charge < -0.3 is 19.7 Å². The standard InChI is InChI=1S/C16H22N2O4/c1-10(2)17-16(20)11-7-15(19)18(9-11)13-8-12(21-3)5-6-14(13)22-4/h5-6,8,10-11H,7,9H2,1-4H3,(H,17,20)/t11-/m1/s1. The average molecular weight is 306 g/mol. The van der Waals surface area contributed by atoms with E-state index in [1.165, 1.54) is 0 Å². The monoisotopic (exact) mass is 306 g/mol. The van der Waals surface area contributed by atoms with Crippen LogP contribution in [0.5, 0.6) is 11.5 Å². The van der Waals surface area contributed by atoms with Crippen LogP contribution in [0.3, 0.4) is 0 Å². The largest absolute Gasteiger partial charge is 0.497 e. The Kier molecular flexibility index (Phi) is 4.90. The van der Waals surface area contributed by atoms with Crippen molar-refractivity contribution in [3.63, 3.8) is 0 Å². The Morgan fingerprint density at radius 3 is 2.64 bits per heavy atom. The molecular weight excluding hydrogens is 284 g/mol. The fourth-order valence-corrected chi connectivity index (χ4v) is 2.53. The summed E-state index contributed by atoms with van der Waals surface area (Å²) in [7, 11) is 3.12. The summed E-state index contributed by atoms with van der Waals surface area (Å²) >= 11 is 0. The van der Waals surface area contributed by atoms with Gasteiger partial charge >= 0.3 is 0 Å². The number of methoxy groups -OCH3 is 2. The molecule has 1 aromatic carbocycles. The van der Waals surface area contributed by atoms with Crippen LogP contribution in [0.2, 0.25) is 0 Å². The molecule has 0 unspecified atom stereocenters. The van der Waals surface area contributed by atoms with E-state index in [9.17, 15) is 9.59 Å². The molecule has 2 rings (SSSR count). The van der Waals surface area contributed by atoms with Crippen LogP contribution in [-0.2, 0) is 9.59 Å². The van der Waals surface area contributed by atoms with E-state index in [1.54, 1.807) is 37.3 Å². The molecule has 0 bridgehead atoms. The Morgan fingerprint density at radius 2 is 2.05 bits per heavy atom. The summed E-state index contributed by atoms with van der Waals surface area (Å²) in [4.78, 5) is 26.0. The molecule has 1 aliphatic heterocycles. The first kappa shape index (κ1) is 16.1. The van der Waals surface area contributed by atoms with Crippen LogP contribution < -0.4 is 19.7 Å². The molecule has 1 heterocycles. The molecule has 6 nitrogen and oxygen atoms in total. The molecule has 120 valence electrons. The lowest BCUT2D eigenvalue weighted by molar-refractivity contribution is -0.126. The van der Waals surface area contributed by atoms with Gasteiger partial charge in [-0.15, -0.1) is 0 Å². The van der Waals surface area contributed by atoms with Crippen LogP contribution >= 0.6 is 0 Å². The van der Waals surface area contributed by atoms with Crippen LogP contribution in [0.15, 0.2) is 18.2 Å². The molecule has 6 heteroatoms. The lowest BCUT2D eigenvalue weighted by Gasteiger charge is -2.20. The van der Waals surface area contributed by atoms with E-state index < -0.39 is 0 Å². The highest BCUT2D eigenvalue weighted by atomic mass is 16.5. The van der Waals surface area contributed by atoms with Crippen LogP contribution in [0.25, 0.3) is 0 Å². The zero-order valence-electron chi connectivity index (χ0n) is 13.4. The van der Waals surface area contributed by atoms with Gasteiger partial charge in [-0.25, -0.2) is 0 Å². The Labute approximate surface area is 130 Å². The van der Waals surface area contributed by atoms with E-state index in [1.807, 2.05) is 13.8 Å². The number of hydrogen-bond acceptors (Lipinski definition) is 4. The third-order valence-corrected chi connectivity index (χ3v) is 3.60. The predicted octanol–water partition coefficient (Wildman–Crippen LogP) is 1.58. The molecule has 0 saturated carbocycles. The Balaban J connectivity index is 2.23. The maximum atomic E-state index is 12.3. The van der Waals surface area contributed by atoms with Gasteiger partial charge in [-0.2, -0.15) is 0 Å². The molecular formula is C16H22N2O4. The molecule has 0 aliphatic carbocycles. The minimum atomic E-state index is -0.342. The van der Waals surface area contributed by atoms with Crippen molar-refractivity contribution in [2.45, 2.75) is 26.3 Å². The lowest BCUT2D eigenvalue weighted by atomic mass is 10.1. The summed E-state index contributed by atoms with van der Waals surface area (Å²) in [5, 5.41) is 2.85. The summed E-state index contributed by atoms with van der Waals surface area (Å²) in [6, 6.07) is 5.33. The molecule has 0 spiro atoms. The van der Waals surface area contributed by atoms with Crippen molar-refractivity contribution >= 4 is 17.5 Å². The van der Waals surface area contributed by atoms with E-state index in [-0.39, 0.29) is 30.2 Å². The van der Waals surface area contributed by atoms with Crippen molar-refractivity contribution in [3.8, 4) is 11.5 Å². The third-order valence-electron chi connectivity index (χ3n) is 3.60. The normalized spacial score (nSPS) is 17.8. The number of nitrogens with one attached hydrogen (secondary N) is 1. The molecule has 1 aliphatic rings. The van der Waals surface area contributed by atoms with Gasteiger partial charge in [0, 0.05) is 25.1 Å². The van der Waals surface area contributed by atoms with Crippen molar-refractivity contribution in [2.75, 3.05) is 25.7 Å². The average Bonchev–Trinajstić information content (AvgIpc) is 2.88. The number of hydrogen-bond donors (Lipinski definition) is 1. The predicted molar refractivity (Wildman–Crippen MR) is 83.3 cm³/mol. The molecule has 1 aromatic rings. The van der Waals surface area contributed by atoms with Gasteiger partial charge in [-0.3, -0.25) is 9.59 Å². The second-order valence-electron chi connectivity index (χ2n) is 5.61. The van der Waals surface area contributed by atoms with Crippen LogP contribution in [-0.4, -0.2) is 38.6 Å². The second-order valence-corrected chi connectivity index (χ2v) is 5.61. The summed E-state index contributed by atoms with van der Waals surface area (Å²) in [6.07, 6.45) is 0.207. The molecule has 1 atom stereocenters. The Bertz CT molecular complexity index is 571. The summed E-state index contributed by atoms with van der Waals surface area (Å²) < 4.78 is 10.5. The van der Waals surface area contributed by atoms with Gasteiger partial charge in [0.15, 0.2) is 0 Å². The molecule has 0 aromatic heterocycles.